The second kappa shape index (κ2) is 4.57. The van der Waals surface area contributed by atoms with Gasteiger partial charge in [-0.15, -0.1) is 0 Å². The number of benzene rings is 1. The summed E-state index contributed by atoms with van der Waals surface area (Å²) in [6.07, 6.45) is 1.85. The van der Waals surface area contributed by atoms with Crippen LogP contribution in [0.5, 0.6) is 0 Å². The Morgan fingerprint density at radius 3 is 2.32 bits per heavy atom. The minimum atomic E-state index is -0.532. The van der Waals surface area contributed by atoms with Gasteiger partial charge in [-0.05, 0) is 27.7 Å². The molecule has 2 aromatic rings. The van der Waals surface area contributed by atoms with E-state index in [0.717, 1.165) is 10.8 Å². The summed E-state index contributed by atoms with van der Waals surface area (Å²) in [6, 6.07) is 5.06. The molecule has 2 heterocycles. The topological polar surface area (TPSA) is 66.5 Å². The molecule has 0 saturated carbocycles. The van der Waals surface area contributed by atoms with Gasteiger partial charge in [0, 0.05) is 30.2 Å². The van der Waals surface area contributed by atoms with E-state index in [2.05, 4.69) is 0 Å². The van der Waals surface area contributed by atoms with Crippen molar-refractivity contribution in [3.8, 4) is 0 Å². The predicted molar refractivity (Wildman–Crippen MR) is 85.3 cm³/mol. The van der Waals surface area contributed by atoms with Gasteiger partial charge in [0.2, 0.25) is 0 Å². The maximum absolute atomic E-state index is 11.2. The van der Waals surface area contributed by atoms with Crippen molar-refractivity contribution in [3.05, 3.63) is 34.5 Å². The smallest absolute Gasteiger partial charge is 0.399 e. The Morgan fingerprint density at radius 2 is 1.77 bits per heavy atom. The molecule has 116 valence electrons. The first kappa shape index (κ1) is 15.1. The van der Waals surface area contributed by atoms with E-state index in [0.29, 0.717) is 5.52 Å². The van der Waals surface area contributed by atoms with E-state index >= 15 is 0 Å². The van der Waals surface area contributed by atoms with E-state index in [1.165, 1.54) is 6.07 Å². The van der Waals surface area contributed by atoms with Crippen molar-refractivity contribution < 1.29 is 14.2 Å². The van der Waals surface area contributed by atoms with Crippen molar-refractivity contribution in [1.82, 2.24) is 4.57 Å². The number of nitro groups is 1. The van der Waals surface area contributed by atoms with E-state index in [-0.39, 0.29) is 10.6 Å². The van der Waals surface area contributed by atoms with Crippen molar-refractivity contribution in [1.29, 1.82) is 0 Å². The zero-order chi connectivity index (χ0) is 16.3. The molecular formula is C15H19BN2O4. The number of para-hydroxylation sites is 1. The summed E-state index contributed by atoms with van der Waals surface area (Å²) in [5.74, 6) is 0. The quantitative estimate of drug-likeness (QED) is 0.485. The second-order valence-corrected chi connectivity index (χ2v) is 6.71. The van der Waals surface area contributed by atoms with Crippen molar-refractivity contribution in [3.63, 3.8) is 0 Å². The Labute approximate surface area is 129 Å². The number of non-ortho nitro benzene ring substituents is 1. The molecule has 22 heavy (non-hydrogen) atoms. The summed E-state index contributed by atoms with van der Waals surface area (Å²) in [5, 5.41) is 12.0. The molecule has 0 aliphatic carbocycles. The van der Waals surface area contributed by atoms with Gasteiger partial charge in [0.1, 0.15) is 5.52 Å². The number of fused-ring (bicyclic) bond motifs is 1. The maximum Gasteiger partial charge on any atom is 0.497 e. The number of hydrogen-bond donors (Lipinski definition) is 0. The highest BCUT2D eigenvalue weighted by molar-refractivity contribution is 6.65. The Morgan fingerprint density at radius 1 is 1.18 bits per heavy atom. The van der Waals surface area contributed by atoms with E-state index < -0.39 is 18.3 Å². The number of nitrogens with zero attached hydrogens (tertiary/aromatic N) is 2. The van der Waals surface area contributed by atoms with Crippen molar-refractivity contribution in [2.45, 2.75) is 38.9 Å². The fraction of sp³-hybridized carbons (Fsp3) is 0.467. The fourth-order valence-electron chi connectivity index (χ4n) is 2.78. The normalized spacial score (nSPS) is 19.8. The molecule has 0 spiro atoms. The van der Waals surface area contributed by atoms with Crippen LogP contribution >= 0.6 is 0 Å². The van der Waals surface area contributed by atoms with E-state index in [1.807, 2.05) is 40.0 Å². The van der Waals surface area contributed by atoms with Crippen LogP contribution in [0, 0.1) is 10.1 Å². The highest BCUT2D eigenvalue weighted by atomic mass is 16.7. The van der Waals surface area contributed by atoms with Crippen molar-refractivity contribution in [2.75, 3.05) is 0 Å². The first-order chi connectivity index (χ1) is 10.1. The Balaban J connectivity index is 2.15. The molecule has 0 unspecified atom stereocenters. The average molecular weight is 302 g/mol. The zero-order valence-corrected chi connectivity index (χ0v) is 13.4. The molecule has 0 radical (unpaired) electrons. The number of nitro benzene ring substituents is 1. The lowest BCUT2D eigenvalue weighted by atomic mass is 9.79. The fourth-order valence-corrected chi connectivity index (χ4v) is 2.78. The SMILES string of the molecule is Cn1cc(B2OC(C)(C)C(C)(C)O2)c2cccc([N+](=O)[O-])c21. The van der Waals surface area contributed by atoms with Crippen molar-refractivity contribution in [2.24, 2.45) is 7.05 Å². The van der Waals surface area contributed by atoms with Crippen LogP contribution in [0.2, 0.25) is 0 Å². The van der Waals surface area contributed by atoms with Crippen LogP contribution in [0.25, 0.3) is 10.9 Å². The van der Waals surface area contributed by atoms with E-state index in [4.69, 9.17) is 9.31 Å². The predicted octanol–water partition coefficient (Wildman–Crippen LogP) is 2.39. The monoisotopic (exact) mass is 302 g/mol. The zero-order valence-electron chi connectivity index (χ0n) is 13.4. The van der Waals surface area contributed by atoms with Gasteiger partial charge >= 0.3 is 7.12 Å². The molecule has 6 nitrogen and oxygen atoms in total. The third kappa shape index (κ3) is 2.04. The summed E-state index contributed by atoms with van der Waals surface area (Å²) in [5.41, 5.74) is 0.598. The lowest BCUT2D eigenvalue weighted by molar-refractivity contribution is -0.383. The van der Waals surface area contributed by atoms with Gasteiger partial charge in [-0.3, -0.25) is 10.1 Å². The lowest BCUT2D eigenvalue weighted by Gasteiger charge is -2.32. The summed E-state index contributed by atoms with van der Waals surface area (Å²) in [6.45, 7) is 7.95. The molecule has 1 aliphatic heterocycles. The van der Waals surface area contributed by atoms with Crippen LogP contribution in [-0.4, -0.2) is 27.8 Å². The molecule has 1 aliphatic rings. The minimum absolute atomic E-state index is 0.0859. The summed E-state index contributed by atoms with van der Waals surface area (Å²) < 4.78 is 13.9. The molecule has 7 heteroatoms. The summed E-state index contributed by atoms with van der Waals surface area (Å²) >= 11 is 0. The van der Waals surface area contributed by atoms with E-state index in [9.17, 15) is 10.1 Å². The molecule has 3 rings (SSSR count). The van der Waals surface area contributed by atoms with Crippen LogP contribution in [0.4, 0.5) is 5.69 Å². The standard InChI is InChI=1S/C15H19BN2O4/c1-14(2)15(3,4)22-16(21-14)11-9-17(5)13-10(11)7-6-8-12(13)18(19)20/h6-9H,1-5H3. The van der Waals surface area contributed by atoms with Gasteiger partial charge in [-0.25, -0.2) is 0 Å². The summed E-state index contributed by atoms with van der Waals surface area (Å²) in [7, 11) is 1.26. The molecule has 0 atom stereocenters. The molecule has 1 aromatic carbocycles. The molecule has 0 bridgehead atoms. The number of aryl methyl sites for hydroxylation is 1. The van der Waals surface area contributed by atoms with Crippen molar-refractivity contribution >= 4 is 29.2 Å². The van der Waals surface area contributed by atoms with Crippen LogP contribution < -0.4 is 5.46 Å². The van der Waals surface area contributed by atoms with Gasteiger partial charge in [0.05, 0.1) is 16.1 Å². The van der Waals surface area contributed by atoms with E-state index in [1.54, 1.807) is 17.7 Å². The third-order valence-electron chi connectivity index (χ3n) is 4.72. The first-order valence-corrected chi connectivity index (χ1v) is 7.22. The highest BCUT2D eigenvalue weighted by Crippen LogP contribution is 2.37. The number of aromatic nitrogens is 1. The summed E-state index contributed by atoms with van der Waals surface area (Å²) in [4.78, 5) is 10.9. The van der Waals surface area contributed by atoms with Gasteiger partial charge in [0.25, 0.3) is 5.69 Å². The average Bonchev–Trinajstić information content (AvgIpc) is 2.84. The molecule has 0 N–H and O–H groups in total. The first-order valence-electron chi connectivity index (χ1n) is 7.22. The Bertz CT molecular complexity index is 750. The van der Waals surface area contributed by atoms with Crippen LogP contribution in [-0.2, 0) is 16.4 Å². The molecular weight excluding hydrogens is 283 g/mol. The van der Waals surface area contributed by atoms with Crippen LogP contribution in [0.15, 0.2) is 24.4 Å². The van der Waals surface area contributed by atoms with Gasteiger partial charge in [0.15, 0.2) is 0 Å². The number of hydrogen-bond acceptors (Lipinski definition) is 4. The molecule has 0 amide bonds. The number of rotatable bonds is 2. The second-order valence-electron chi connectivity index (χ2n) is 6.71. The largest absolute Gasteiger partial charge is 0.497 e. The maximum atomic E-state index is 11.2. The highest BCUT2D eigenvalue weighted by Gasteiger charge is 2.52. The Hall–Kier alpha value is -1.86. The minimum Gasteiger partial charge on any atom is -0.399 e. The third-order valence-corrected chi connectivity index (χ3v) is 4.72. The van der Waals surface area contributed by atoms with Gasteiger partial charge < -0.3 is 13.9 Å². The molecule has 1 aromatic heterocycles. The molecule has 1 fully saturated rings. The van der Waals surface area contributed by atoms with Crippen LogP contribution in [0.3, 0.4) is 0 Å². The Kier molecular flexibility index (Phi) is 3.13. The lowest BCUT2D eigenvalue weighted by Crippen LogP contribution is -2.41. The van der Waals surface area contributed by atoms with Crippen LogP contribution in [0.1, 0.15) is 27.7 Å². The van der Waals surface area contributed by atoms with Gasteiger partial charge in [-0.2, -0.15) is 0 Å². The molecule has 1 saturated heterocycles. The van der Waals surface area contributed by atoms with Gasteiger partial charge in [-0.1, -0.05) is 12.1 Å².